The molecule has 0 unspecified atom stereocenters. The summed E-state index contributed by atoms with van der Waals surface area (Å²) in [7, 11) is 0. The lowest BCUT2D eigenvalue weighted by molar-refractivity contribution is 0.0845. The van der Waals surface area contributed by atoms with E-state index in [1.807, 2.05) is 25.1 Å². The second-order valence-corrected chi connectivity index (χ2v) is 8.31. The third-order valence-corrected chi connectivity index (χ3v) is 5.58. The van der Waals surface area contributed by atoms with Gasteiger partial charge in [-0.2, -0.15) is 9.78 Å². The highest BCUT2D eigenvalue weighted by Crippen LogP contribution is 2.40. The van der Waals surface area contributed by atoms with E-state index in [0.29, 0.717) is 39.7 Å². The number of hydrogen-bond donors (Lipinski definition) is 3. The highest BCUT2D eigenvalue weighted by molar-refractivity contribution is 9.10. The fraction of sp³-hybridized carbons (Fsp3) is 0.190. The molecule has 156 valence electrons. The molecule has 1 aliphatic carbocycles. The van der Waals surface area contributed by atoms with Gasteiger partial charge in [-0.3, -0.25) is 20.4 Å². The number of fused-ring (bicyclic) bond motifs is 1. The topological polar surface area (TPSA) is 118 Å². The second kappa shape index (κ2) is 7.62. The van der Waals surface area contributed by atoms with Crippen molar-refractivity contribution in [3.8, 4) is 5.82 Å². The number of nitrogens with zero attached hydrogens (tertiary/aromatic N) is 4. The van der Waals surface area contributed by atoms with Crippen molar-refractivity contribution in [1.29, 1.82) is 0 Å². The molecule has 1 saturated carbocycles. The Morgan fingerprint density at radius 1 is 1.19 bits per heavy atom. The quantitative estimate of drug-likeness (QED) is 0.388. The van der Waals surface area contributed by atoms with Gasteiger partial charge in [-0.1, -0.05) is 6.07 Å². The first-order chi connectivity index (χ1) is 15.0. The Morgan fingerprint density at radius 3 is 2.68 bits per heavy atom. The average Bonchev–Trinajstić information content (AvgIpc) is 3.46. The van der Waals surface area contributed by atoms with Crippen molar-refractivity contribution in [3.05, 3.63) is 69.8 Å². The number of rotatable bonds is 4. The van der Waals surface area contributed by atoms with Crippen LogP contribution in [0.25, 0.3) is 16.9 Å². The molecule has 0 atom stereocenters. The Bertz CT molecular complexity index is 1310. The number of nitrogens with one attached hydrogen (secondary N) is 3. The number of hydrogen-bond acceptors (Lipinski definition) is 5. The van der Waals surface area contributed by atoms with Crippen LogP contribution in [0.1, 0.15) is 51.0 Å². The molecule has 0 bridgehead atoms. The molecule has 10 heteroatoms. The van der Waals surface area contributed by atoms with Crippen LogP contribution in [0.15, 0.2) is 47.2 Å². The minimum Gasteiger partial charge on any atom is -0.356 e. The number of aromatic amines is 1. The Hall–Kier alpha value is -3.53. The molecule has 0 saturated heterocycles. The summed E-state index contributed by atoms with van der Waals surface area (Å²) in [6.07, 6.45) is 5.40. The Kier molecular flexibility index (Phi) is 4.78. The molecule has 31 heavy (non-hydrogen) atoms. The van der Waals surface area contributed by atoms with Gasteiger partial charge in [0.05, 0.1) is 16.6 Å². The lowest BCUT2D eigenvalue weighted by atomic mass is 10.1. The fourth-order valence-electron chi connectivity index (χ4n) is 3.46. The number of aryl methyl sites for hydroxylation is 1. The average molecular weight is 480 g/mol. The van der Waals surface area contributed by atoms with Gasteiger partial charge < -0.3 is 4.98 Å². The molecule has 0 spiro atoms. The van der Waals surface area contributed by atoms with Crippen LogP contribution in [0.2, 0.25) is 0 Å². The number of carbonyl (C=O) groups is 2. The first-order valence-electron chi connectivity index (χ1n) is 9.77. The zero-order chi connectivity index (χ0) is 21.5. The molecule has 2 amide bonds. The summed E-state index contributed by atoms with van der Waals surface area (Å²) in [5.74, 6) is 0.0665. The van der Waals surface area contributed by atoms with Crippen molar-refractivity contribution in [2.45, 2.75) is 25.7 Å². The summed E-state index contributed by atoms with van der Waals surface area (Å²) in [5, 5.41) is 5.21. The lowest BCUT2D eigenvalue weighted by Gasteiger charge is -2.10. The van der Waals surface area contributed by atoms with Crippen molar-refractivity contribution < 1.29 is 9.59 Å². The van der Waals surface area contributed by atoms with E-state index in [9.17, 15) is 9.59 Å². The van der Waals surface area contributed by atoms with Gasteiger partial charge in [0.25, 0.3) is 11.8 Å². The number of pyridine rings is 2. The first-order valence-corrected chi connectivity index (χ1v) is 10.6. The molecular formula is C21H18BrN7O2. The largest absolute Gasteiger partial charge is 0.356 e. The van der Waals surface area contributed by atoms with E-state index >= 15 is 0 Å². The summed E-state index contributed by atoms with van der Waals surface area (Å²) in [6, 6.07) is 8.96. The Labute approximate surface area is 185 Å². The molecule has 0 aliphatic heterocycles. The number of halogens is 1. The van der Waals surface area contributed by atoms with Gasteiger partial charge in [0, 0.05) is 28.5 Å². The van der Waals surface area contributed by atoms with Crippen LogP contribution in [0.5, 0.6) is 0 Å². The molecule has 9 nitrogen and oxygen atoms in total. The highest BCUT2D eigenvalue weighted by atomic mass is 79.9. The summed E-state index contributed by atoms with van der Waals surface area (Å²) in [6.45, 7) is 1.83. The first kappa shape index (κ1) is 19.4. The predicted octanol–water partition coefficient (Wildman–Crippen LogP) is 3.17. The van der Waals surface area contributed by atoms with E-state index in [0.717, 1.165) is 23.0 Å². The Morgan fingerprint density at radius 2 is 2.00 bits per heavy atom. The van der Waals surface area contributed by atoms with E-state index in [2.05, 4.69) is 41.8 Å². The fourth-order valence-corrected chi connectivity index (χ4v) is 3.80. The van der Waals surface area contributed by atoms with E-state index in [1.165, 1.54) is 0 Å². The Balaban J connectivity index is 1.52. The molecule has 1 aliphatic rings. The van der Waals surface area contributed by atoms with Gasteiger partial charge in [-0.05, 0) is 60.0 Å². The van der Waals surface area contributed by atoms with Crippen LogP contribution < -0.4 is 10.9 Å². The molecule has 4 aromatic heterocycles. The molecule has 0 aromatic carbocycles. The molecule has 4 heterocycles. The number of hydrazine groups is 1. The summed E-state index contributed by atoms with van der Waals surface area (Å²) < 4.78 is 2.40. The zero-order valence-electron chi connectivity index (χ0n) is 16.5. The van der Waals surface area contributed by atoms with Gasteiger partial charge in [-0.15, -0.1) is 0 Å². The molecule has 1 fully saturated rings. The summed E-state index contributed by atoms with van der Waals surface area (Å²) in [5.41, 5.74) is 7.76. The highest BCUT2D eigenvalue weighted by Gasteiger charge is 2.29. The van der Waals surface area contributed by atoms with Gasteiger partial charge in [-0.25, -0.2) is 9.97 Å². The predicted molar refractivity (Wildman–Crippen MR) is 117 cm³/mol. The maximum Gasteiger partial charge on any atom is 0.286 e. The van der Waals surface area contributed by atoms with Crippen molar-refractivity contribution in [1.82, 2.24) is 35.6 Å². The van der Waals surface area contributed by atoms with Crippen molar-refractivity contribution in [2.75, 3.05) is 0 Å². The molecule has 4 aromatic rings. The van der Waals surface area contributed by atoms with Gasteiger partial charge >= 0.3 is 0 Å². The third-order valence-electron chi connectivity index (χ3n) is 5.12. The second-order valence-electron chi connectivity index (χ2n) is 7.39. The smallest absolute Gasteiger partial charge is 0.286 e. The van der Waals surface area contributed by atoms with Crippen LogP contribution in [-0.4, -0.2) is 36.5 Å². The van der Waals surface area contributed by atoms with E-state index in [1.54, 1.807) is 29.2 Å². The van der Waals surface area contributed by atoms with Crippen LogP contribution in [0.3, 0.4) is 0 Å². The van der Waals surface area contributed by atoms with Gasteiger partial charge in [0.1, 0.15) is 5.69 Å². The van der Waals surface area contributed by atoms with E-state index in [-0.39, 0.29) is 0 Å². The number of amides is 2. The molecule has 5 rings (SSSR count). The standard InChI is InChI=1S/C21H18BrN7O2/c1-11-18-14(20(30)26-27-21(31)16-8-13(22)10-24-16)9-15(12-5-6-12)25-19(18)29(28-11)17-4-2-3-7-23-17/h2-4,7-10,12,24H,5-6H2,1H3,(H,26,30)(H,27,31). The maximum atomic E-state index is 13.1. The monoisotopic (exact) mass is 479 g/mol. The van der Waals surface area contributed by atoms with E-state index < -0.39 is 11.8 Å². The zero-order valence-corrected chi connectivity index (χ0v) is 18.1. The van der Waals surface area contributed by atoms with Crippen molar-refractivity contribution in [3.63, 3.8) is 0 Å². The minimum atomic E-state index is -0.451. The third kappa shape index (κ3) is 3.70. The van der Waals surface area contributed by atoms with Crippen LogP contribution >= 0.6 is 15.9 Å². The van der Waals surface area contributed by atoms with Crippen molar-refractivity contribution >= 4 is 38.8 Å². The number of carbonyl (C=O) groups excluding carboxylic acids is 2. The lowest BCUT2D eigenvalue weighted by Crippen LogP contribution is -2.41. The molecule has 0 radical (unpaired) electrons. The number of H-pyrrole nitrogens is 1. The van der Waals surface area contributed by atoms with Crippen LogP contribution in [0, 0.1) is 6.92 Å². The number of aromatic nitrogens is 5. The van der Waals surface area contributed by atoms with Gasteiger partial charge in [0.15, 0.2) is 11.5 Å². The van der Waals surface area contributed by atoms with Gasteiger partial charge in [0.2, 0.25) is 0 Å². The normalized spacial score (nSPS) is 13.4. The van der Waals surface area contributed by atoms with Crippen LogP contribution in [0.4, 0.5) is 0 Å². The molecular weight excluding hydrogens is 462 g/mol. The summed E-state index contributed by atoms with van der Waals surface area (Å²) in [4.78, 5) is 37.3. The summed E-state index contributed by atoms with van der Waals surface area (Å²) >= 11 is 3.28. The minimum absolute atomic E-state index is 0.324. The SMILES string of the molecule is Cc1nn(-c2ccccn2)c2nc(C3CC3)cc(C(=O)NNC(=O)c3cc(Br)c[nH]3)c12. The molecule has 3 N–H and O–H groups in total. The van der Waals surface area contributed by atoms with Crippen molar-refractivity contribution in [2.24, 2.45) is 0 Å². The maximum absolute atomic E-state index is 13.1. The van der Waals surface area contributed by atoms with E-state index in [4.69, 9.17) is 4.98 Å². The van der Waals surface area contributed by atoms with Crippen LogP contribution in [-0.2, 0) is 0 Å².